The molecule has 3 aliphatic rings. The molecule has 1 saturated carbocycles. The van der Waals surface area contributed by atoms with Gasteiger partial charge in [0.1, 0.15) is 0 Å². The van der Waals surface area contributed by atoms with Crippen molar-refractivity contribution < 1.29 is 19.4 Å². The highest BCUT2D eigenvalue weighted by molar-refractivity contribution is 8.13. The van der Waals surface area contributed by atoms with E-state index in [4.69, 9.17) is 4.74 Å². The van der Waals surface area contributed by atoms with Crippen molar-refractivity contribution in [3.63, 3.8) is 0 Å². The predicted molar refractivity (Wildman–Crippen MR) is 85.0 cm³/mol. The number of hydrogen-bond donors (Lipinski definition) is 1. The van der Waals surface area contributed by atoms with E-state index < -0.39 is 11.8 Å². The average Bonchev–Trinajstić information content (AvgIpc) is 2.71. The monoisotopic (exact) mass is 322 g/mol. The molecule has 1 heterocycles. The molecule has 22 heavy (non-hydrogen) atoms. The molecule has 1 fully saturated rings. The topological polar surface area (TPSA) is 63.6 Å². The minimum absolute atomic E-state index is 0.126. The van der Waals surface area contributed by atoms with Crippen molar-refractivity contribution in [2.75, 3.05) is 5.75 Å². The quantitative estimate of drug-likeness (QED) is 0.625. The number of rotatable bonds is 2. The normalized spacial score (nSPS) is 35.9. The van der Waals surface area contributed by atoms with Crippen LogP contribution in [0, 0.1) is 17.3 Å². The number of carbonyl (C=O) groups excluding carboxylic acids is 2. The van der Waals surface area contributed by atoms with Crippen molar-refractivity contribution in [2.24, 2.45) is 17.3 Å². The molecule has 2 aliphatic carbocycles. The maximum atomic E-state index is 11.6. The molecule has 120 valence electrons. The summed E-state index contributed by atoms with van der Waals surface area (Å²) in [5.41, 5.74) is 1.72. The van der Waals surface area contributed by atoms with Crippen molar-refractivity contribution in [3.8, 4) is 0 Å². The van der Waals surface area contributed by atoms with E-state index >= 15 is 0 Å². The third-order valence-electron chi connectivity index (χ3n) is 5.29. The van der Waals surface area contributed by atoms with Crippen LogP contribution in [-0.2, 0) is 14.3 Å². The molecule has 1 N–H and O–H groups in total. The van der Waals surface area contributed by atoms with Gasteiger partial charge in [0.15, 0.2) is 5.12 Å². The van der Waals surface area contributed by atoms with E-state index in [-0.39, 0.29) is 16.4 Å². The summed E-state index contributed by atoms with van der Waals surface area (Å²) < 4.78 is 5.21. The second-order valence-electron chi connectivity index (χ2n) is 7.10. The van der Waals surface area contributed by atoms with Crippen LogP contribution in [0.5, 0.6) is 0 Å². The van der Waals surface area contributed by atoms with Crippen LogP contribution in [0.1, 0.15) is 40.0 Å². The third-order valence-corrected chi connectivity index (χ3v) is 6.21. The van der Waals surface area contributed by atoms with E-state index in [0.717, 1.165) is 24.2 Å². The second kappa shape index (κ2) is 5.24. The predicted octanol–water partition coefficient (Wildman–Crippen LogP) is 2.82. The number of aliphatic hydroxyl groups is 1. The lowest BCUT2D eigenvalue weighted by atomic mass is 9.56. The first-order valence-corrected chi connectivity index (χ1v) is 8.72. The van der Waals surface area contributed by atoms with Gasteiger partial charge in [-0.1, -0.05) is 37.3 Å². The van der Waals surface area contributed by atoms with E-state index in [9.17, 15) is 14.7 Å². The molecule has 0 aromatic carbocycles. The van der Waals surface area contributed by atoms with Gasteiger partial charge in [0.05, 0.1) is 0 Å². The van der Waals surface area contributed by atoms with Gasteiger partial charge in [-0.2, -0.15) is 0 Å². The molecule has 3 rings (SSSR count). The van der Waals surface area contributed by atoms with Gasteiger partial charge >= 0.3 is 5.97 Å². The summed E-state index contributed by atoms with van der Waals surface area (Å²) in [6.45, 7) is 5.76. The summed E-state index contributed by atoms with van der Waals surface area (Å²) in [5.74, 6) is -0.603. The lowest BCUT2D eigenvalue weighted by molar-refractivity contribution is -0.201. The molecular formula is C17H22O4S. The molecule has 4 nitrogen and oxygen atoms in total. The number of ether oxygens (including phenoxy) is 1. The van der Waals surface area contributed by atoms with Crippen LogP contribution in [0.25, 0.3) is 0 Å². The largest absolute Gasteiger partial charge is 0.426 e. The fourth-order valence-corrected chi connectivity index (χ4v) is 4.94. The lowest BCUT2D eigenvalue weighted by Crippen LogP contribution is -2.50. The summed E-state index contributed by atoms with van der Waals surface area (Å²) in [6.07, 6.45) is 6.09. The Morgan fingerprint density at radius 3 is 2.91 bits per heavy atom. The first-order chi connectivity index (χ1) is 10.2. The number of allylic oxidation sites excluding steroid dienone is 1. The zero-order valence-electron chi connectivity index (χ0n) is 13.2. The fraction of sp³-hybridized carbons (Fsp3) is 0.647. The second-order valence-corrected chi connectivity index (χ2v) is 8.26. The number of esters is 1. The highest BCUT2D eigenvalue weighted by Crippen LogP contribution is 2.57. The van der Waals surface area contributed by atoms with Gasteiger partial charge in [-0.25, -0.2) is 4.79 Å². The van der Waals surface area contributed by atoms with Crippen LogP contribution in [-0.4, -0.2) is 27.7 Å². The van der Waals surface area contributed by atoms with Crippen molar-refractivity contribution in [1.29, 1.82) is 0 Å². The molecule has 0 aromatic heterocycles. The standard InChI is InChI=1S/C17H22O4S/c1-10(18)22-9-11-4-5-13-12(6-11)8-17(20)14(16(13,2)3)7-15(19)21-17/h6-7,12-13,20H,4-5,8-9H2,1-3H3/t12-,13+,17-/m0/s1. The Hall–Kier alpha value is -1.07. The molecule has 0 spiro atoms. The Morgan fingerprint density at radius 2 is 2.23 bits per heavy atom. The van der Waals surface area contributed by atoms with Gasteiger partial charge in [0.25, 0.3) is 0 Å². The lowest BCUT2D eigenvalue weighted by Gasteiger charge is -2.51. The van der Waals surface area contributed by atoms with Crippen molar-refractivity contribution in [3.05, 3.63) is 23.3 Å². The summed E-state index contributed by atoms with van der Waals surface area (Å²) in [6, 6.07) is 0. The van der Waals surface area contributed by atoms with Crippen LogP contribution in [0.15, 0.2) is 23.3 Å². The zero-order valence-corrected chi connectivity index (χ0v) is 14.0. The average molecular weight is 322 g/mol. The summed E-state index contributed by atoms with van der Waals surface area (Å²) in [7, 11) is 0. The maximum absolute atomic E-state index is 11.6. The molecule has 5 heteroatoms. The molecule has 1 aliphatic heterocycles. The van der Waals surface area contributed by atoms with E-state index in [1.54, 1.807) is 6.92 Å². The Labute approximate surface area is 135 Å². The number of fused-ring (bicyclic) bond motifs is 2. The van der Waals surface area contributed by atoms with Gasteiger partial charge in [-0.3, -0.25) is 4.79 Å². The first kappa shape index (κ1) is 15.8. The van der Waals surface area contributed by atoms with Crippen molar-refractivity contribution in [2.45, 2.75) is 45.8 Å². The van der Waals surface area contributed by atoms with Crippen LogP contribution < -0.4 is 0 Å². The molecule has 0 radical (unpaired) electrons. The van der Waals surface area contributed by atoms with Gasteiger partial charge in [-0.05, 0) is 30.1 Å². The Morgan fingerprint density at radius 1 is 1.50 bits per heavy atom. The minimum atomic E-state index is -1.45. The molecular weight excluding hydrogens is 300 g/mol. The minimum Gasteiger partial charge on any atom is -0.426 e. The highest BCUT2D eigenvalue weighted by Gasteiger charge is 2.57. The molecule has 0 aromatic rings. The van der Waals surface area contributed by atoms with Gasteiger partial charge in [0.2, 0.25) is 5.79 Å². The molecule has 3 atom stereocenters. The Balaban J connectivity index is 1.87. The fourth-order valence-electron chi connectivity index (χ4n) is 4.31. The van der Waals surface area contributed by atoms with Gasteiger partial charge < -0.3 is 9.84 Å². The summed E-state index contributed by atoms with van der Waals surface area (Å²) in [4.78, 5) is 22.8. The van der Waals surface area contributed by atoms with Crippen LogP contribution >= 0.6 is 11.8 Å². The third kappa shape index (κ3) is 2.54. The zero-order chi connectivity index (χ0) is 16.1. The number of carbonyl (C=O) groups is 2. The molecule has 0 saturated heterocycles. The van der Waals surface area contributed by atoms with E-state index in [2.05, 4.69) is 19.9 Å². The summed E-state index contributed by atoms with van der Waals surface area (Å²) in [5, 5.41) is 10.9. The first-order valence-electron chi connectivity index (χ1n) is 7.73. The molecule has 0 bridgehead atoms. The van der Waals surface area contributed by atoms with Crippen LogP contribution in [0.3, 0.4) is 0 Å². The molecule has 0 unspecified atom stereocenters. The summed E-state index contributed by atoms with van der Waals surface area (Å²) >= 11 is 1.33. The van der Waals surface area contributed by atoms with Crippen LogP contribution in [0.2, 0.25) is 0 Å². The van der Waals surface area contributed by atoms with Crippen molar-refractivity contribution >= 4 is 22.8 Å². The highest BCUT2D eigenvalue weighted by atomic mass is 32.2. The van der Waals surface area contributed by atoms with E-state index in [1.165, 1.54) is 23.4 Å². The number of hydrogen-bond acceptors (Lipinski definition) is 5. The van der Waals surface area contributed by atoms with Gasteiger partial charge in [-0.15, -0.1) is 0 Å². The Kier molecular flexibility index (Phi) is 3.76. The smallest absolute Gasteiger partial charge is 0.333 e. The maximum Gasteiger partial charge on any atom is 0.333 e. The van der Waals surface area contributed by atoms with E-state index in [0.29, 0.717) is 12.3 Å². The SMILES string of the molecule is CC(=O)SCC1=C[C@H]2C[C@]3(O)OC(=O)C=C3C(C)(C)[C@@H]2CC1. The van der Waals surface area contributed by atoms with Crippen molar-refractivity contribution in [1.82, 2.24) is 0 Å². The van der Waals surface area contributed by atoms with E-state index in [1.807, 2.05) is 0 Å². The van der Waals surface area contributed by atoms with Gasteiger partial charge in [0, 0.05) is 30.7 Å². The Bertz CT molecular complexity index is 589. The van der Waals surface area contributed by atoms with Crippen LogP contribution in [0.4, 0.5) is 0 Å². The number of thioether (sulfide) groups is 1. The molecule has 0 amide bonds.